The second-order valence-electron chi connectivity index (χ2n) is 3.86. The number of nitrogens with zero attached hydrogens (tertiary/aromatic N) is 1. The smallest absolute Gasteiger partial charge is 0.396 e. The van der Waals surface area contributed by atoms with Crippen molar-refractivity contribution in [1.82, 2.24) is 4.90 Å². The number of carbonyl (C=O) groups excluding carboxylic acids is 2. The number of piperidine rings is 1. The number of likely N-dealkylation sites (tertiary alicyclic amines) is 1. The van der Waals surface area contributed by atoms with Crippen molar-refractivity contribution in [3.05, 3.63) is 0 Å². The van der Waals surface area contributed by atoms with Crippen LogP contribution in [0.2, 0.25) is 0 Å². The third-order valence-corrected chi connectivity index (χ3v) is 2.98. The minimum Gasteiger partial charge on any atom is -0.480 e. The molecule has 15 heavy (non-hydrogen) atoms. The average Bonchev–Trinajstić information content (AvgIpc) is 2.87. The van der Waals surface area contributed by atoms with Crippen LogP contribution in [0.4, 0.5) is 0 Å². The maximum Gasteiger partial charge on any atom is 0.396 e. The highest BCUT2D eigenvalue weighted by Crippen LogP contribution is 2.47. The van der Waals surface area contributed by atoms with Gasteiger partial charge in [0.15, 0.2) is 0 Å². The van der Waals surface area contributed by atoms with E-state index in [1.165, 1.54) is 0 Å². The molecule has 3 atom stereocenters. The third-order valence-electron chi connectivity index (χ3n) is 2.98. The van der Waals surface area contributed by atoms with Crippen LogP contribution in [-0.2, 0) is 19.1 Å². The lowest BCUT2D eigenvalue weighted by Gasteiger charge is -2.22. The predicted molar refractivity (Wildman–Crippen MR) is 46.8 cm³/mol. The molecule has 1 amide bonds. The van der Waals surface area contributed by atoms with Crippen molar-refractivity contribution < 1.29 is 24.2 Å². The Kier molecular flexibility index (Phi) is 2.13. The molecule has 0 aromatic rings. The van der Waals surface area contributed by atoms with E-state index in [-0.39, 0.29) is 12.0 Å². The fourth-order valence-corrected chi connectivity index (χ4v) is 2.16. The first-order chi connectivity index (χ1) is 7.06. The Morgan fingerprint density at radius 3 is 2.53 bits per heavy atom. The number of hydrogen-bond donors (Lipinski definition) is 1. The van der Waals surface area contributed by atoms with Crippen molar-refractivity contribution >= 4 is 17.8 Å². The van der Waals surface area contributed by atoms with Crippen molar-refractivity contribution in [3.63, 3.8) is 0 Å². The molecular weight excluding hydrogens is 202 g/mol. The van der Waals surface area contributed by atoms with Crippen LogP contribution in [0.1, 0.15) is 12.8 Å². The molecule has 1 saturated heterocycles. The van der Waals surface area contributed by atoms with E-state index in [2.05, 4.69) is 4.74 Å². The number of carbonyl (C=O) groups is 3. The van der Waals surface area contributed by atoms with E-state index < -0.39 is 23.9 Å². The molecule has 1 aliphatic carbocycles. The van der Waals surface area contributed by atoms with Crippen molar-refractivity contribution in [1.29, 1.82) is 0 Å². The first kappa shape index (κ1) is 9.95. The fourth-order valence-electron chi connectivity index (χ4n) is 2.16. The fraction of sp³-hybridized carbons (Fsp3) is 0.667. The minimum atomic E-state index is -1.06. The number of amides is 1. The van der Waals surface area contributed by atoms with E-state index in [1.807, 2.05) is 0 Å². The maximum absolute atomic E-state index is 11.5. The van der Waals surface area contributed by atoms with Crippen LogP contribution in [0, 0.1) is 5.92 Å². The molecule has 1 N–H and O–H groups in total. The Morgan fingerprint density at radius 2 is 2.00 bits per heavy atom. The Morgan fingerprint density at radius 1 is 1.33 bits per heavy atom. The highest BCUT2D eigenvalue weighted by molar-refractivity contribution is 6.33. The number of methoxy groups -OCH3 is 1. The van der Waals surface area contributed by atoms with Crippen molar-refractivity contribution in [2.45, 2.75) is 24.9 Å². The zero-order chi connectivity index (χ0) is 11.2. The van der Waals surface area contributed by atoms with E-state index in [9.17, 15) is 14.4 Å². The number of rotatable bonds is 1. The molecule has 0 unspecified atom stereocenters. The van der Waals surface area contributed by atoms with Gasteiger partial charge in [0, 0.05) is 6.04 Å². The number of esters is 1. The summed E-state index contributed by atoms with van der Waals surface area (Å²) in [5.41, 5.74) is 0. The lowest BCUT2D eigenvalue weighted by atomic mass is 10.2. The summed E-state index contributed by atoms with van der Waals surface area (Å²) in [6, 6.07) is -0.932. The average molecular weight is 213 g/mol. The summed E-state index contributed by atoms with van der Waals surface area (Å²) < 4.78 is 4.30. The van der Waals surface area contributed by atoms with Gasteiger partial charge in [0.25, 0.3) is 0 Å². The van der Waals surface area contributed by atoms with Crippen LogP contribution in [-0.4, -0.2) is 47.0 Å². The predicted octanol–water partition coefficient (Wildman–Crippen LogP) is -0.767. The summed E-state index contributed by atoms with van der Waals surface area (Å²) in [4.78, 5) is 34.5. The lowest BCUT2D eigenvalue weighted by Crippen LogP contribution is -2.46. The van der Waals surface area contributed by atoms with Gasteiger partial charge in [-0.05, 0) is 18.8 Å². The Bertz CT molecular complexity index is 339. The van der Waals surface area contributed by atoms with Crippen molar-refractivity contribution in [3.8, 4) is 0 Å². The Labute approximate surface area is 85.8 Å². The molecule has 82 valence electrons. The summed E-state index contributed by atoms with van der Waals surface area (Å²) in [7, 11) is 1.11. The second kappa shape index (κ2) is 3.22. The molecule has 1 heterocycles. The zero-order valence-corrected chi connectivity index (χ0v) is 8.17. The minimum absolute atomic E-state index is 0.0716. The topological polar surface area (TPSA) is 83.9 Å². The second-order valence-corrected chi connectivity index (χ2v) is 3.86. The Hall–Kier alpha value is -1.59. The number of aliphatic carboxylic acids is 1. The lowest BCUT2D eigenvalue weighted by molar-refractivity contribution is -0.162. The number of carboxylic acids is 1. The maximum atomic E-state index is 11.5. The largest absolute Gasteiger partial charge is 0.480 e. The summed E-state index contributed by atoms with van der Waals surface area (Å²) in [6.07, 6.45) is 1.25. The van der Waals surface area contributed by atoms with Gasteiger partial charge in [0.2, 0.25) is 0 Å². The van der Waals surface area contributed by atoms with E-state index in [1.54, 1.807) is 0 Å². The van der Waals surface area contributed by atoms with Gasteiger partial charge < -0.3 is 14.7 Å². The molecule has 6 nitrogen and oxygen atoms in total. The molecule has 0 spiro atoms. The molecule has 0 radical (unpaired) electrons. The molecular formula is C9H11NO5. The molecule has 2 fully saturated rings. The van der Waals surface area contributed by atoms with Crippen LogP contribution >= 0.6 is 0 Å². The van der Waals surface area contributed by atoms with Crippen molar-refractivity contribution in [2.75, 3.05) is 7.11 Å². The Balaban J connectivity index is 2.15. The molecule has 2 aliphatic rings. The van der Waals surface area contributed by atoms with Gasteiger partial charge in [-0.15, -0.1) is 0 Å². The third kappa shape index (κ3) is 1.45. The number of hydrogen-bond acceptors (Lipinski definition) is 4. The summed E-state index contributed by atoms with van der Waals surface area (Å²) >= 11 is 0. The number of fused-ring (bicyclic) bond motifs is 1. The van der Waals surface area contributed by atoms with Gasteiger partial charge in [-0.1, -0.05) is 0 Å². The van der Waals surface area contributed by atoms with Gasteiger partial charge in [0.05, 0.1) is 7.11 Å². The highest BCUT2D eigenvalue weighted by Gasteiger charge is 2.57. The molecule has 6 heteroatoms. The van der Waals surface area contributed by atoms with Crippen LogP contribution in [0.3, 0.4) is 0 Å². The standard InChI is InChI=1S/C9H11NO5/c1-15-9(14)7(11)10-5-2-4(5)3-6(10)8(12)13/h4-6H,2-3H2,1H3,(H,12,13)/t4-,5-,6+/m1/s1. The monoisotopic (exact) mass is 213 g/mol. The van der Waals surface area contributed by atoms with E-state index in [0.29, 0.717) is 6.42 Å². The van der Waals surface area contributed by atoms with E-state index in [4.69, 9.17) is 5.11 Å². The molecule has 0 bridgehead atoms. The van der Waals surface area contributed by atoms with Gasteiger partial charge in [0.1, 0.15) is 6.04 Å². The zero-order valence-electron chi connectivity index (χ0n) is 8.17. The number of ether oxygens (including phenoxy) is 1. The van der Waals surface area contributed by atoms with E-state index in [0.717, 1.165) is 18.4 Å². The summed E-state index contributed by atoms with van der Waals surface area (Å²) in [6.45, 7) is 0. The quantitative estimate of drug-likeness (QED) is 0.457. The summed E-state index contributed by atoms with van der Waals surface area (Å²) in [5, 5.41) is 8.88. The van der Waals surface area contributed by atoms with Crippen molar-refractivity contribution in [2.24, 2.45) is 5.92 Å². The van der Waals surface area contributed by atoms with Crippen LogP contribution < -0.4 is 0 Å². The van der Waals surface area contributed by atoms with Crippen LogP contribution in [0.5, 0.6) is 0 Å². The van der Waals surface area contributed by atoms with Gasteiger partial charge >= 0.3 is 17.8 Å². The number of carboxylic acid groups (broad SMARTS) is 1. The SMILES string of the molecule is COC(=O)C(=O)N1[C@@H]2C[C@@H]2C[C@H]1C(=O)O. The van der Waals surface area contributed by atoms with Crippen LogP contribution in [0.15, 0.2) is 0 Å². The van der Waals surface area contributed by atoms with Crippen LogP contribution in [0.25, 0.3) is 0 Å². The molecule has 1 aliphatic heterocycles. The van der Waals surface area contributed by atoms with Gasteiger partial charge in [-0.2, -0.15) is 0 Å². The molecule has 1 saturated carbocycles. The van der Waals surface area contributed by atoms with Gasteiger partial charge in [-0.25, -0.2) is 9.59 Å². The highest BCUT2D eigenvalue weighted by atomic mass is 16.5. The first-order valence-electron chi connectivity index (χ1n) is 4.69. The normalized spacial score (nSPS) is 32.1. The first-order valence-corrected chi connectivity index (χ1v) is 4.69. The molecule has 2 rings (SSSR count). The summed E-state index contributed by atoms with van der Waals surface area (Å²) in [5.74, 6) is -2.64. The van der Waals surface area contributed by atoms with Gasteiger partial charge in [-0.3, -0.25) is 4.79 Å². The van der Waals surface area contributed by atoms with E-state index >= 15 is 0 Å². The molecule has 0 aromatic heterocycles. The molecule has 0 aromatic carbocycles.